The van der Waals surface area contributed by atoms with Gasteiger partial charge in [0, 0.05) is 37.2 Å². The summed E-state index contributed by atoms with van der Waals surface area (Å²) in [4.78, 5) is 19.7. The number of pyridine rings is 1. The summed E-state index contributed by atoms with van der Waals surface area (Å²) >= 11 is 0. The number of nitrogens with one attached hydrogen (secondary N) is 1. The topological polar surface area (TPSA) is 95.9 Å². The largest absolute Gasteiger partial charge is 0.508 e. The van der Waals surface area contributed by atoms with Gasteiger partial charge in [0.1, 0.15) is 36.3 Å². The number of fused-ring (bicyclic) bond motifs is 7. The van der Waals surface area contributed by atoms with Gasteiger partial charge in [0.2, 0.25) is 5.88 Å². The predicted molar refractivity (Wildman–Crippen MR) is 166 cm³/mol. The monoisotopic (exact) mass is 596 g/mol. The number of piperazine rings is 1. The third-order valence-corrected chi connectivity index (χ3v) is 10.8. The first-order valence-corrected chi connectivity index (χ1v) is 16.1. The van der Waals surface area contributed by atoms with Crippen LogP contribution in [-0.2, 0) is 6.42 Å². The van der Waals surface area contributed by atoms with E-state index in [1.165, 1.54) is 5.56 Å². The van der Waals surface area contributed by atoms with Crippen molar-refractivity contribution in [3.05, 3.63) is 42.0 Å². The summed E-state index contributed by atoms with van der Waals surface area (Å²) < 4.78 is 27.5. The number of ether oxygens (including phenoxy) is 2. The summed E-state index contributed by atoms with van der Waals surface area (Å²) in [6, 6.07) is 12.9. The maximum Gasteiger partial charge on any atom is 0.319 e. The Balaban J connectivity index is 1.21. The van der Waals surface area contributed by atoms with Gasteiger partial charge in [-0.1, -0.05) is 25.1 Å². The lowest BCUT2D eigenvalue weighted by Gasteiger charge is -2.40. The highest BCUT2D eigenvalue weighted by atomic mass is 19.1. The molecule has 0 unspecified atom stereocenters. The van der Waals surface area contributed by atoms with Gasteiger partial charge in [0.15, 0.2) is 0 Å². The standard InChI is InChI=1S/C34H37FN6O3/c1-2-19-5-3-6-20-11-23(42)12-24(29(19)20)26-13-27-30-31(41-16-22-7-8-25(36-22)28(41)17-43-32(30)37-26)39-33(38-27)44-18-34-9-4-10-40(34)15-21(35)14-34/h3,5-6,11-13,21-22,25,28,36,42H,2,4,7-10,14-18H2,1H3/t21-,22-,25+,28+,34-/m1/s1. The quantitative estimate of drug-likeness (QED) is 0.338. The number of aromatic hydroxyl groups is 1. The fourth-order valence-electron chi connectivity index (χ4n) is 8.73. The van der Waals surface area contributed by atoms with Crippen LogP contribution < -0.4 is 19.7 Å². The minimum Gasteiger partial charge on any atom is -0.508 e. The Kier molecular flexibility index (Phi) is 5.97. The van der Waals surface area contributed by atoms with Crippen LogP contribution in [0, 0.1) is 0 Å². The zero-order valence-corrected chi connectivity index (χ0v) is 24.9. The summed E-state index contributed by atoms with van der Waals surface area (Å²) in [5.74, 6) is 1.49. The number of hydrogen-bond donors (Lipinski definition) is 2. The average Bonchev–Trinajstić information content (AvgIpc) is 3.66. The zero-order chi connectivity index (χ0) is 29.6. The second-order valence-corrected chi connectivity index (χ2v) is 13.3. The number of anilines is 1. The molecule has 4 aromatic rings. The van der Waals surface area contributed by atoms with E-state index in [0.717, 1.165) is 72.7 Å². The fourth-order valence-corrected chi connectivity index (χ4v) is 8.73. The highest BCUT2D eigenvalue weighted by Crippen LogP contribution is 2.44. The maximum absolute atomic E-state index is 14.5. The Morgan fingerprint density at radius 3 is 2.98 bits per heavy atom. The van der Waals surface area contributed by atoms with E-state index < -0.39 is 6.17 Å². The number of hydrogen-bond acceptors (Lipinski definition) is 9. The molecule has 4 fully saturated rings. The van der Waals surface area contributed by atoms with Gasteiger partial charge in [-0.3, -0.25) is 4.90 Å². The van der Waals surface area contributed by atoms with Crippen molar-refractivity contribution in [1.29, 1.82) is 0 Å². The van der Waals surface area contributed by atoms with Crippen LogP contribution in [0.4, 0.5) is 10.2 Å². The van der Waals surface area contributed by atoms with Crippen molar-refractivity contribution in [3.63, 3.8) is 0 Å². The van der Waals surface area contributed by atoms with Gasteiger partial charge in [0.05, 0.1) is 22.8 Å². The molecule has 5 aliphatic rings. The van der Waals surface area contributed by atoms with Crippen LogP contribution in [0.5, 0.6) is 17.6 Å². The van der Waals surface area contributed by atoms with E-state index >= 15 is 0 Å². The van der Waals surface area contributed by atoms with E-state index in [9.17, 15) is 9.50 Å². The van der Waals surface area contributed by atoms with E-state index in [-0.39, 0.29) is 17.3 Å². The Hall–Kier alpha value is -3.76. The predicted octanol–water partition coefficient (Wildman–Crippen LogP) is 4.77. The molecule has 0 radical (unpaired) electrons. The molecule has 2 N–H and O–H groups in total. The Morgan fingerprint density at radius 1 is 1.14 bits per heavy atom. The van der Waals surface area contributed by atoms with Crippen LogP contribution in [0.3, 0.4) is 0 Å². The van der Waals surface area contributed by atoms with Gasteiger partial charge in [-0.2, -0.15) is 9.97 Å². The Morgan fingerprint density at radius 2 is 2.07 bits per heavy atom. The highest BCUT2D eigenvalue weighted by molar-refractivity contribution is 6.02. The molecule has 9 rings (SSSR count). The number of phenolic OH excluding ortho intramolecular Hbond substituents is 1. The van der Waals surface area contributed by atoms with Crippen LogP contribution >= 0.6 is 0 Å². The highest BCUT2D eigenvalue weighted by Gasteiger charge is 2.50. The molecule has 2 aromatic heterocycles. The van der Waals surface area contributed by atoms with E-state index in [1.54, 1.807) is 12.1 Å². The molecule has 4 saturated heterocycles. The van der Waals surface area contributed by atoms with Gasteiger partial charge in [0.25, 0.3) is 0 Å². The number of aryl methyl sites for hydroxylation is 1. The molecule has 0 amide bonds. The zero-order valence-electron chi connectivity index (χ0n) is 24.9. The first-order valence-electron chi connectivity index (χ1n) is 16.1. The molecule has 0 aliphatic carbocycles. The van der Waals surface area contributed by atoms with Crippen LogP contribution in [-0.4, -0.2) is 87.6 Å². The van der Waals surface area contributed by atoms with Crippen molar-refractivity contribution >= 4 is 27.5 Å². The van der Waals surface area contributed by atoms with E-state index in [4.69, 9.17) is 24.4 Å². The van der Waals surface area contributed by atoms with Gasteiger partial charge in [-0.25, -0.2) is 9.37 Å². The minimum atomic E-state index is -0.823. The summed E-state index contributed by atoms with van der Waals surface area (Å²) in [7, 11) is 0. The average molecular weight is 597 g/mol. The molecule has 2 bridgehead atoms. The minimum absolute atomic E-state index is 0.108. The molecule has 0 saturated carbocycles. The van der Waals surface area contributed by atoms with Crippen molar-refractivity contribution in [2.45, 2.75) is 75.3 Å². The van der Waals surface area contributed by atoms with E-state index in [0.29, 0.717) is 61.4 Å². The van der Waals surface area contributed by atoms with Crippen LogP contribution in [0.25, 0.3) is 32.9 Å². The van der Waals surface area contributed by atoms with E-state index in [2.05, 4.69) is 28.1 Å². The summed E-state index contributed by atoms with van der Waals surface area (Å²) in [5, 5.41) is 17.3. The molecule has 2 aromatic carbocycles. The number of benzene rings is 2. The molecule has 44 heavy (non-hydrogen) atoms. The smallest absolute Gasteiger partial charge is 0.319 e. The van der Waals surface area contributed by atoms with Crippen LogP contribution in [0.1, 0.15) is 44.6 Å². The first kappa shape index (κ1) is 26.6. The van der Waals surface area contributed by atoms with Crippen LogP contribution in [0.2, 0.25) is 0 Å². The second kappa shape index (κ2) is 9.87. The lowest BCUT2D eigenvalue weighted by atomic mass is 9.95. The first-order chi connectivity index (χ1) is 21.5. The number of aromatic nitrogens is 3. The third kappa shape index (κ3) is 4.06. The number of rotatable bonds is 5. The molecule has 0 spiro atoms. The fraction of sp³-hybridized carbons (Fsp3) is 0.500. The summed E-state index contributed by atoms with van der Waals surface area (Å²) in [6.45, 7) is 5.21. The molecular formula is C34H37FN6O3. The second-order valence-electron chi connectivity index (χ2n) is 13.3. The molecule has 5 aliphatic heterocycles. The number of alkyl halides is 1. The molecule has 7 heterocycles. The van der Waals surface area contributed by atoms with Crippen molar-refractivity contribution in [2.75, 3.05) is 37.7 Å². The van der Waals surface area contributed by atoms with Crippen molar-refractivity contribution in [2.24, 2.45) is 0 Å². The lowest BCUT2D eigenvalue weighted by Crippen LogP contribution is -2.60. The number of nitrogens with zero attached hydrogens (tertiary/aromatic N) is 5. The SMILES string of the molecule is CCc1cccc2cc(O)cc(-c3cc4nc(OC[C@]56CCCN5C[C@H](F)C6)nc5c4c(n3)OC[C@H]3[C@@H]4CC[C@H](CN53)N4)c12. The molecule has 5 atom stereocenters. The van der Waals surface area contributed by atoms with Gasteiger partial charge in [-0.05, 0) is 73.2 Å². The number of halogens is 1. The molecule has 9 nitrogen and oxygen atoms in total. The third-order valence-electron chi connectivity index (χ3n) is 10.8. The maximum atomic E-state index is 14.5. The van der Waals surface area contributed by atoms with Gasteiger partial charge >= 0.3 is 6.01 Å². The normalized spacial score (nSPS) is 29.1. The molecule has 10 heteroatoms. The lowest BCUT2D eigenvalue weighted by molar-refractivity contribution is 0.107. The number of phenols is 1. The summed E-state index contributed by atoms with van der Waals surface area (Å²) in [6.07, 6.45) is 4.73. The van der Waals surface area contributed by atoms with Gasteiger partial charge in [-0.15, -0.1) is 0 Å². The molecule has 228 valence electrons. The van der Waals surface area contributed by atoms with Crippen molar-refractivity contribution in [3.8, 4) is 28.9 Å². The van der Waals surface area contributed by atoms with Crippen molar-refractivity contribution < 1.29 is 19.0 Å². The Labute approximate surface area is 255 Å². The van der Waals surface area contributed by atoms with E-state index in [1.807, 2.05) is 18.2 Å². The summed E-state index contributed by atoms with van der Waals surface area (Å²) in [5.41, 5.74) is 3.10. The Bertz CT molecular complexity index is 1800. The van der Waals surface area contributed by atoms with Crippen molar-refractivity contribution in [1.82, 2.24) is 25.2 Å². The van der Waals surface area contributed by atoms with Gasteiger partial charge < -0.3 is 24.8 Å². The molecular weight excluding hydrogens is 559 g/mol. The van der Waals surface area contributed by atoms with Crippen LogP contribution in [0.15, 0.2) is 36.4 Å².